The third-order valence-corrected chi connectivity index (χ3v) is 4.21. The average Bonchev–Trinajstić information content (AvgIpc) is 2.60. The van der Waals surface area contributed by atoms with E-state index in [1.165, 1.54) is 0 Å². The molecule has 6 nitrogen and oxygen atoms in total. The van der Waals surface area contributed by atoms with Crippen molar-refractivity contribution in [1.82, 2.24) is 10.2 Å². The fraction of sp³-hybridized carbons (Fsp3) is 0.556. The molecule has 0 heterocycles. The van der Waals surface area contributed by atoms with Gasteiger partial charge in [-0.05, 0) is 44.0 Å². The Kier molecular flexibility index (Phi) is 8.26. The van der Waals surface area contributed by atoms with Crippen molar-refractivity contribution in [3.63, 3.8) is 0 Å². The minimum absolute atomic E-state index is 0.0207. The molecule has 0 aliphatic rings. The van der Waals surface area contributed by atoms with Gasteiger partial charge in [-0.3, -0.25) is 4.79 Å². The summed E-state index contributed by atoms with van der Waals surface area (Å²) >= 11 is 0. The number of anilines is 1. The van der Waals surface area contributed by atoms with E-state index in [9.17, 15) is 14.7 Å². The summed E-state index contributed by atoms with van der Waals surface area (Å²) in [6.45, 7) is 9.35. The molecule has 3 amide bonds. The van der Waals surface area contributed by atoms with Crippen molar-refractivity contribution in [2.24, 2.45) is 5.92 Å². The largest absolute Gasteiger partial charge is 0.391 e. The van der Waals surface area contributed by atoms with Gasteiger partial charge < -0.3 is 20.6 Å². The number of hydrogen-bond acceptors (Lipinski definition) is 3. The van der Waals surface area contributed by atoms with Crippen LogP contribution in [0.3, 0.4) is 0 Å². The van der Waals surface area contributed by atoms with Gasteiger partial charge in [0.05, 0.1) is 6.10 Å². The minimum atomic E-state index is -0.560. The number of nitrogens with one attached hydrogen (secondary N) is 2. The number of hydrogen-bond donors (Lipinski definition) is 3. The summed E-state index contributed by atoms with van der Waals surface area (Å²) in [4.78, 5) is 25.8. The molecule has 0 saturated heterocycles. The van der Waals surface area contributed by atoms with E-state index in [1.54, 1.807) is 29.2 Å². The third-order valence-electron chi connectivity index (χ3n) is 4.21. The Morgan fingerprint density at radius 1 is 1.12 bits per heavy atom. The van der Waals surface area contributed by atoms with Gasteiger partial charge in [0.1, 0.15) is 0 Å². The molecular formula is C18H29N3O3. The first-order chi connectivity index (χ1) is 11.4. The highest BCUT2D eigenvalue weighted by Gasteiger charge is 2.14. The van der Waals surface area contributed by atoms with Crippen molar-refractivity contribution in [2.45, 2.75) is 40.2 Å². The van der Waals surface area contributed by atoms with Gasteiger partial charge in [-0.25, -0.2) is 4.79 Å². The third kappa shape index (κ3) is 5.85. The smallest absolute Gasteiger partial charge is 0.319 e. The molecule has 0 aliphatic heterocycles. The number of nitrogens with zero attached hydrogens (tertiary/aromatic N) is 1. The van der Waals surface area contributed by atoms with E-state index in [0.29, 0.717) is 24.3 Å². The monoisotopic (exact) mass is 335 g/mol. The first-order valence-electron chi connectivity index (χ1n) is 8.55. The van der Waals surface area contributed by atoms with Crippen LogP contribution in [0, 0.1) is 5.92 Å². The zero-order valence-corrected chi connectivity index (χ0v) is 15.0. The maximum Gasteiger partial charge on any atom is 0.319 e. The van der Waals surface area contributed by atoms with Crippen LogP contribution in [-0.4, -0.2) is 47.7 Å². The van der Waals surface area contributed by atoms with Crippen LogP contribution < -0.4 is 10.6 Å². The molecule has 2 atom stereocenters. The summed E-state index contributed by atoms with van der Waals surface area (Å²) in [6, 6.07) is 6.41. The highest BCUT2D eigenvalue weighted by Crippen LogP contribution is 2.12. The molecule has 0 fully saturated rings. The zero-order valence-electron chi connectivity index (χ0n) is 15.0. The molecule has 0 unspecified atom stereocenters. The van der Waals surface area contributed by atoms with Gasteiger partial charge in [0.15, 0.2) is 0 Å². The van der Waals surface area contributed by atoms with Crippen molar-refractivity contribution in [2.75, 3.05) is 25.0 Å². The standard InChI is InChI=1S/C18H29N3O3/c1-5-13(4)16(22)12-19-18(24)20-15-10-8-14(9-11-15)17(23)21(6-2)7-3/h8-11,13,16,22H,5-7,12H2,1-4H3,(H2,19,20,24)/t13-,16-/m0/s1. The summed E-state index contributed by atoms with van der Waals surface area (Å²) < 4.78 is 0. The molecular weight excluding hydrogens is 306 g/mol. The second-order valence-corrected chi connectivity index (χ2v) is 5.84. The van der Waals surface area contributed by atoms with Gasteiger partial charge >= 0.3 is 6.03 Å². The average molecular weight is 335 g/mol. The molecule has 0 aromatic heterocycles. The molecule has 1 aromatic rings. The number of benzene rings is 1. The van der Waals surface area contributed by atoms with Crippen molar-refractivity contribution in [1.29, 1.82) is 0 Å². The molecule has 3 N–H and O–H groups in total. The number of aliphatic hydroxyl groups excluding tert-OH is 1. The van der Waals surface area contributed by atoms with Gasteiger partial charge in [-0.1, -0.05) is 20.3 Å². The number of amides is 3. The fourth-order valence-corrected chi connectivity index (χ4v) is 2.24. The van der Waals surface area contributed by atoms with E-state index < -0.39 is 6.10 Å². The maximum atomic E-state index is 12.2. The van der Waals surface area contributed by atoms with Crippen LogP contribution in [0.1, 0.15) is 44.5 Å². The first kappa shape index (κ1) is 20.0. The topological polar surface area (TPSA) is 81.7 Å². The quantitative estimate of drug-likeness (QED) is 0.683. The number of carbonyl (C=O) groups is 2. The van der Waals surface area contributed by atoms with E-state index in [1.807, 2.05) is 27.7 Å². The predicted octanol–water partition coefficient (Wildman–Crippen LogP) is 2.70. The van der Waals surface area contributed by atoms with Gasteiger partial charge in [-0.15, -0.1) is 0 Å². The highest BCUT2D eigenvalue weighted by atomic mass is 16.3. The van der Waals surface area contributed by atoms with Crippen LogP contribution >= 0.6 is 0 Å². The zero-order chi connectivity index (χ0) is 18.1. The maximum absolute atomic E-state index is 12.2. The Bertz CT molecular complexity index is 527. The number of aliphatic hydroxyl groups is 1. The van der Waals surface area contributed by atoms with Crippen molar-refractivity contribution in [3.05, 3.63) is 29.8 Å². The molecule has 134 valence electrons. The summed E-state index contributed by atoms with van der Waals surface area (Å²) in [5, 5.41) is 15.2. The van der Waals surface area contributed by atoms with Crippen LogP contribution in [-0.2, 0) is 0 Å². The molecule has 0 radical (unpaired) electrons. The van der Waals surface area contributed by atoms with E-state index >= 15 is 0 Å². The Hall–Kier alpha value is -2.08. The predicted molar refractivity (Wildman–Crippen MR) is 96.2 cm³/mol. The van der Waals surface area contributed by atoms with E-state index in [2.05, 4.69) is 10.6 Å². The highest BCUT2D eigenvalue weighted by molar-refractivity contribution is 5.95. The van der Waals surface area contributed by atoms with Crippen molar-refractivity contribution >= 4 is 17.6 Å². The van der Waals surface area contributed by atoms with E-state index in [4.69, 9.17) is 0 Å². The molecule has 0 spiro atoms. The van der Waals surface area contributed by atoms with E-state index in [0.717, 1.165) is 6.42 Å². The van der Waals surface area contributed by atoms with Gasteiger partial charge in [-0.2, -0.15) is 0 Å². The van der Waals surface area contributed by atoms with Gasteiger partial charge in [0.25, 0.3) is 5.91 Å². The Balaban J connectivity index is 2.55. The lowest BCUT2D eigenvalue weighted by molar-refractivity contribution is 0.0773. The number of carbonyl (C=O) groups excluding carboxylic acids is 2. The molecule has 0 saturated carbocycles. The van der Waals surface area contributed by atoms with E-state index in [-0.39, 0.29) is 24.4 Å². The lowest BCUT2D eigenvalue weighted by Gasteiger charge is -2.19. The Morgan fingerprint density at radius 3 is 2.21 bits per heavy atom. The summed E-state index contributed by atoms with van der Waals surface area (Å²) in [5.74, 6) is 0.114. The molecule has 1 rings (SSSR count). The lowest BCUT2D eigenvalue weighted by Crippen LogP contribution is -2.37. The van der Waals surface area contributed by atoms with Gasteiger partial charge in [0.2, 0.25) is 0 Å². The summed E-state index contributed by atoms with van der Waals surface area (Å²) in [6.07, 6.45) is 0.293. The normalized spacial score (nSPS) is 13.0. The summed E-state index contributed by atoms with van der Waals surface area (Å²) in [7, 11) is 0. The van der Waals surface area contributed by atoms with Crippen LogP contribution in [0.4, 0.5) is 10.5 Å². The Labute approximate surface area is 144 Å². The van der Waals surface area contributed by atoms with Crippen molar-refractivity contribution in [3.8, 4) is 0 Å². The first-order valence-corrected chi connectivity index (χ1v) is 8.55. The Morgan fingerprint density at radius 2 is 1.71 bits per heavy atom. The molecule has 6 heteroatoms. The van der Waals surface area contributed by atoms with Crippen LogP contribution in [0.25, 0.3) is 0 Å². The fourth-order valence-electron chi connectivity index (χ4n) is 2.24. The number of rotatable bonds is 8. The van der Waals surface area contributed by atoms with Crippen molar-refractivity contribution < 1.29 is 14.7 Å². The lowest BCUT2D eigenvalue weighted by atomic mass is 10.0. The minimum Gasteiger partial charge on any atom is -0.391 e. The second-order valence-electron chi connectivity index (χ2n) is 5.84. The molecule has 0 bridgehead atoms. The summed E-state index contributed by atoms with van der Waals surface area (Å²) in [5.41, 5.74) is 1.19. The molecule has 24 heavy (non-hydrogen) atoms. The molecule has 1 aromatic carbocycles. The van der Waals surface area contributed by atoms with Crippen LogP contribution in [0.2, 0.25) is 0 Å². The molecule has 0 aliphatic carbocycles. The van der Waals surface area contributed by atoms with Crippen LogP contribution in [0.5, 0.6) is 0 Å². The van der Waals surface area contributed by atoms with Crippen LogP contribution in [0.15, 0.2) is 24.3 Å². The second kappa shape index (κ2) is 9.93. The van der Waals surface area contributed by atoms with Gasteiger partial charge in [0, 0.05) is 30.9 Å². The number of urea groups is 1. The SMILES string of the molecule is CC[C@H](C)[C@@H](O)CNC(=O)Nc1ccc(C(=O)N(CC)CC)cc1.